The molecule has 1 aromatic rings. The van der Waals surface area contributed by atoms with Gasteiger partial charge in [-0.05, 0) is 37.6 Å². The Balaban J connectivity index is 2.30. The van der Waals surface area contributed by atoms with Crippen LogP contribution in [0.5, 0.6) is 0 Å². The lowest BCUT2D eigenvalue weighted by Gasteiger charge is -2.26. The fourth-order valence-corrected chi connectivity index (χ4v) is 2.67. The van der Waals surface area contributed by atoms with Gasteiger partial charge >= 0.3 is 0 Å². The first-order chi connectivity index (χ1) is 8.22. The Hall–Kier alpha value is -0.740. The number of anilines is 2. The molecule has 94 valence electrons. The third kappa shape index (κ3) is 2.93. The summed E-state index contributed by atoms with van der Waals surface area (Å²) in [6, 6.07) is 6.53. The summed E-state index contributed by atoms with van der Waals surface area (Å²) < 4.78 is 1.14. The summed E-state index contributed by atoms with van der Waals surface area (Å²) in [5, 5.41) is 0. The van der Waals surface area contributed by atoms with E-state index in [1.54, 1.807) is 0 Å². The number of hydrogen-bond acceptors (Lipinski definition) is 3. The number of hydrogen-bond donors (Lipinski definition) is 1. The first-order valence-corrected chi connectivity index (χ1v) is 6.97. The molecule has 1 aliphatic rings. The minimum atomic E-state index is 0.762. The van der Waals surface area contributed by atoms with Crippen molar-refractivity contribution >= 4 is 27.3 Å². The number of nitrogens with zero attached hydrogens (tertiary/aromatic N) is 2. The van der Waals surface area contributed by atoms with Crippen LogP contribution in [0.1, 0.15) is 12.8 Å². The highest BCUT2D eigenvalue weighted by molar-refractivity contribution is 9.10. The Labute approximate surface area is 112 Å². The van der Waals surface area contributed by atoms with Crippen molar-refractivity contribution in [2.75, 3.05) is 43.0 Å². The van der Waals surface area contributed by atoms with E-state index in [4.69, 9.17) is 5.73 Å². The van der Waals surface area contributed by atoms with Crippen LogP contribution in [0.2, 0.25) is 0 Å². The fraction of sp³-hybridized carbons (Fsp3) is 0.538. The van der Waals surface area contributed by atoms with Crippen LogP contribution in [0.3, 0.4) is 0 Å². The van der Waals surface area contributed by atoms with Crippen molar-refractivity contribution in [3.05, 3.63) is 22.7 Å². The summed E-state index contributed by atoms with van der Waals surface area (Å²) in [7, 11) is 2.16. The zero-order valence-corrected chi connectivity index (χ0v) is 11.9. The number of halogens is 1. The maximum Gasteiger partial charge on any atom is 0.0612 e. The lowest BCUT2D eigenvalue weighted by atomic mass is 10.2. The maximum absolute atomic E-state index is 5.61. The van der Waals surface area contributed by atoms with Crippen molar-refractivity contribution in [1.29, 1.82) is 0 Å². The van der Waals surface area contributed by atoms with E-state index in [9.17, 15) is 0 Å². The van der Waals surface area contributed by atoms with Crippen LogP contribution >= 0.6 is 15.9 Å². The largest absolute Gasteiger partial charge is 0.373 e. The van der Waals surface area contributed by atoms with E-state index >= 15 is 0 Å². The van der Waals surface area contributed by atoms with Crippen LogP contribution in [-0.4, -0.2) is 33.2 Å². The van der Waals surface area contributed by atoms with E-state index in [0.717, 1.165) is 37.1 Å². The normalized spacial score (nSPS) is 15.7. The Bertz CT molecular complexity index is 381. The van der Waals surface area contributed by atoms with Crippen molar-refractivity contribution in [2.24, 2.45) is 5.73 Å². The number of nitrogens with two attached hydrogens (primary N) is 1. The molecule has 4 heteroatoms. The minimum Gasteiger partial charge on any atom is -0.373 e. The summed E-state index contributed by atoms with van der Waals surface area (Å²) >= 11 is 3.55. The lowest BCUT2D eigenvalue weighted by Crippen LogP contribution is -2.26. The number of rotatable bonds is 3. The third-order valence-corrected chi connectivity index (χ3v) is 3.74. The molecule has 0 aromatic heterocycles. The maximum atomic E-state index is 5.61. The van der Waals surface area contributed by atoms with E-state index in [0.29, 0.717) is 0 Å². The first kappa shape index (κ1) is 12.7. The first-order valence-electron chi connectivity index (χ1n) is 6.18. The molecular formula is C13H20BrN3. The van der Waals surface area contributed by atoms with Gasteiger partial charge in [0.2, 0.25) is 0 Å². The summed E-state index contributed by atoms with van der Waals surface area (Å²) in [5.41, 5.74) is 8.26. The molecule has 2 N–H and O–H groups in total. The molecule has 0 radical (unpaired) electrons. The van der Waals surface area contributed by atoms with Gasteiger partial charge in [0.15, 0.2) is 0 Å². The molecule has 0 bridgehead atoms. The Morgan fingerprint density at radius 1 is 1.29 bits per heavy atom. The van der Waals surface area contributed by atoms with Crippen LogP contribution < -0.4 is 15.5 Å². The van der Waals surface area contributed by atoms with Crippen molar-refractivity contribution in [3.8, 4) is 0 Å². The fourth-order valence-electron chi connectivity index (χ4n) is 2.32. The highest BCUT2D eigenvalue weighted by atomic mass is 79.9. The molecule has 0 saturated heterocycles. The van der Waals surface area contributed by atoms with Gasteiger partial charge < -0.3 is 15.5 Å². The second-order valence-electron chi connectivity index (χ2n) is 4.54. The standard InChI is InChI=1S/C13H20BrN3/c1-16-7-3-9-17(8-2-6-15)12-5-4-11(14)10-13(12)16/h4-5,10H,2-3,6-9,15H2,1H3. The zero-order chi connectivity index (χ0) is 12.3. The summed E-state index contributed by atoms with van der Waals surface area (Å²) in [6.07, 6.45) is 2.26. The van der Waals surface area contributed by atoms with E-state index in [-0.39, 0.29) is 0 Å². The molecule has 1 heterocycles. The quantitative estimate of drug-likeness (QED) is 0.930. The Morgan fingerprint density at radius 3 is 2.88 bits per heavy atom. The molecule has 2 rings (SSSR count). The third-order valence-electron chi connectivity index (χ3n) is 3.24. The van der Waals surface area contributed by atoms with E-state index in [1.807, 2.05) is 0 Å². The summed E-state index contributed by atoms with van der Waals surface area (Å²) in [4.78, 5) is 4.79. The van der Waals surface area contributed by atoms with E-state index in [2.05, 4.69) is 51.0 Å². The molecule has 17 heavy (non-hydrogen) atoms. The van der Waals surface area contributed by atoms with Gasteiger partial charge in [-0.1, -0.05) is 15.9 Å². The van der Waals surface area contributed by atoms with Gasteiger partial charge in [-0.25, -0.2) is 0 Å². The Kier molecular flexibility index (Phi) is 4.29. The monoisotopic (exact) mass is 297 g/mol. The van der Waals surface area contributed by atoms with Crippen molar-refractivity contribution in [1.82, 2.24) is 0 Å². The highest BCUT2D eigenvalue weighted by Gasteiger charge is 2.17. The van der Waals surface area contributed by atoms with Gasteiger partial charge in [-0.2, -0.15) is 0 Å². The van der Waals surface area contributed by atoms with Gasteiger partial charge in [0.1, 0.15) is 0 Å². The van der Waals surface area contributed by atoms with Crippen LogP contribution in [0, 0.1) is 0 Å². The summed E-state index contributed by atoms with van der Waals surface area (Å²) in [5.74, 6) is 0. The number of benzene rings is 1. The van der Waals surface area contributed by atoms with Crippen molar-refractivity contribution in [2.45, 2.75) is 12.8 Å². The molecule has 0 amide bonds. The minimum absolute atomic E-state index is 0.762. The van der Waals surface area contributed by atoms with Gasteiger partial charge in [0.25, 0.3) is 0 Å². The molecule has 0 saturated carbocycles. The van der Waals surface area contributed by atoms with Crippen LogP contribution in [0.4, 0.5) is 11.4 Å². The zero-order valence-electron chi connectivity index (χ0n) is 10.3. The molecule has 1 aliphatic heterocycles. The molecule has 3 nitrogen and oxygen atoms in total. The van der Waals surface area contributed by atoms with Gasteiger partial charge in [-0.3, -0.25) is 0 Å². The predicted molar refractivity (Wildman–Crippen MR) is 77.9 cm³/mol. The van der Waals surface area contributed by atoms with Gasteiger partial charge in [0.05, 0.1) is 11.4 Å². The van der Waals surface area contributed by atoms with Crippen molar-refractivity contribution in [3.63, 3.8) is 0 Å². The number of fused-ring (bicyclic) bond motifs is 1. The predicted octanol–water partition coefficient (Wildman–Crippen LogP) is 2.44. The Morgan fingerprint density at radius 2 is 2.12 bits per heavy atom. The van der Waals surface area contributed by atoms with Crippen LogP contribution in [0.25, 0.3) is 0 Å². The van der Waals surface area contributed by atoms with Crippen LogP contribution in [-0.2, 0) is 0 Å². The molecule has 0 atom stereocenters. The molecule has 0 fully saturated rings. The lowest BCUT2D eigenvalue weighted by molar-refractivity contribution is 0.710. The second kappa shape index (κ2) is 5.74. The smallest absolute Gasteiger partial charge is 0.0612 e. The summed E-state index contributed by atoms with van der Waals surface area (Å²) in [6.45, 7) is 4.05. The van der Waals surface area contributed by atoms with Crippen molar-refractivity contribution < 1.29 is 0 Å². The van der Waals surface area contributed by atoms with Crippen LogP contribution in [0.15, 0.2) is 22.7 Å². The average molecular weight is 298 g/mol. The second-order valence-corrected chi connectivity index (χ2v) is 5.45. The molecule has 0 spiro atoms. The van der Waals surface area contributed by atoms with Gasteiger partial charge in [0, 0.05) is 31.2 Å². The molecule has 0 unspecified atom stereocenters. The topological polar surface area (TPSA) is 32.5 Å². The van der Waals surface area contributed by atoms with Gasteiger partial charge in [-0.15, -0.1) is 0 Å². The van der Waals surface area contributed by atoms with E-state index in [1.165, 1.54) is 17.8 Å². The van der Waals surface area contributed by atoms with E-state index < -0.39 is 0 Å². The highest BCUT2D eigenvalue weighted by Crippen LogP contribution is 2.33. The SMILES string of the molecule is CN1CCCN(CCCN)c2ccc(Br)cc21. The molecule has 1 aromatic carbocycles. The average Bonchev–Trinajstić information content (AvgIpc) is 2.47. The molecular weight excluding hydrogens is 278 g/mol. The molecule has 0 aliphatic carbocycles.